The molecule has 0 radical (unpaired) electrons. The minimum atomic E-state index is -4.65. The minimum Gasteiger partial charge on any atom is -0.336 e. The van der Waals surface area contributed by atoms with Crippen molar-refractivity contribution in [3.05, 3.63) is 34.6 Å². The quantitative estimate of drug-likeness (QED) is 0.573. The molecule has 0 bridgehead atoms. The van der Waals surface area contributed by atoms with E-state index >= 15 is 0 Å². The molecule has 1 atom stereocenters. The number of carbonyl (C=O) groups excluding carboxylic acids is 1. The monoisotopic (exact) mass is 421 g/mol. The molecule has 0 spiro atoms. The average Bonchev–Trinajstić information content (AvgIpc) is 2.89. The van der Waals surface area contributed by atoms with Crippen molar-refractivity contribution in [1.29, 1.82) is 0 Å². The highest BCUT2D eigenvalue weighted by molar-refractivity contribution is 8.00. The van der Waals surface area contributed by atoms with Gasteiger partial charge in [0, 0.05) is 10.4 Å². The number of benzene rings is 1. The van der Waals surface area contributed by atoms with Crippen molar-refractivity contribution < 1.29 is 18.0 Å². The van der Waals surface area contributed by atoms with Crippen molar-refractivity contribution in [1.82, 2.24) is 14.9 Å². The van der Waals surface area contributed by atoms with Crippen LogP contribution in [0.1, 0.15) is 39.1 Å². The van der Waals surface area contributed by atoms with Crippen molar-refractivity contribution in [3.63, 3.8) is 0 Å². The van der Waals surface area contributed by atoms with Gasteiger partial charge in [0.25, 0.3) is 0 Å². The standard InChI is InChI=1S/C16H19ClF3N5OS/c1-8(27-14-24-23-13(25(14)21)15(2,3)4)12(26)22-11-6-5-9(17)7-10(11)16(18,19)20/h5-8H,21H2,1-4H3,(H,22,26). The third kappa shape index (κ3) is 5.07. The summed E-state index contributed by atoms with van der Waals surface area (Å²) in [6, 6.07) is 3.15. The molecule has 1 aromatic carbocycles. The number of carbonyl (C=O) groups is 1. The van der Waals surface area contributed by atoms with Gasteiger partial charge >= 0.3 is 6.18 Å². The minimum absolute atomic E-state index is 0.0753. The van der Waals surface area contributed by atoms with Crippen LogP contribution in [0.5, 0.6) is 0 Å². The smallest absolute Gasteiger partial charge is 0.336 e. The maximum Gasteiger partial charge on any atom is 0.418 e. The first-order chi connectivity index (χ1) is 12.3. The summed E-state index contributed by atoms with van der Waals surface area (Å²) in [5.41, 5.74) is -1.73. The van der Waals surface area contributed by atoms with Crippen LogP contribution in [0.4, 0.5) is 18.9 Å². The second-order valence-corrected chi connectivity index (χ2v) is 8.61. The number of alkyl halides is 3. The number of aromatic nitrogens is 3. The highest BCUT2D eigenvalue weighted by Crippen LogP contribution is 2.37. The Morgan fingerprint density at radius 2 is 1.93 bits per heavy atom. The van der Waals surface area contributed by atoms with E-state index in [1.54, 1.807) is 0 Å². The normalized spacial score (nSPS) is 13.5. The van der Waals surface area contributed by atoms with Crippen LogP contribution in [0.2, 0.25) is 5.02 Å². The molecule has 0 saturated carbocycles. The molecular weight excluding hydrogens is 403 g/mol. The first-order valence-corrected chi connectivity index (χ1v) is 9.11. The van der Waals surface area contributed by atoms with E-state index in [-0.39, 0.29) is 21.3 Å². The number of hydrogen-bond donors (Lipinski definition) is 2. The third-order valence-electron chi connectivity index (χ3n) is 3.53. The van der Waals surface area contributed by atoms with Crippen LogP contribution in [-0.4, -0.2) is 26.0 Å². The summed E-state index contributed by atoms with van der Waals surface area (Å²) >= 11 is 6.63. The number of nitrogen functional groups attached to an aromatic ring is 1. The fourth-order valence-electron chi connectivity index (χ4n) is 2.17. The lowest BCUT2D eigenvalue weighted by Gasteiger charge is -2.18. The molecule has 1 aromatic heterocycles. The molecule has 0 saturated heterocycles. The van der Waals surface area contributed by atoms with E-state index < -0.39 is 22.9 Å². The van der Waals surface area contributed by atoms with Crippen molar-refractivity contribution in [2.45, 2.75) is 49.7 Å². The van der Waals surface area contributed by atoms with Gasteiger partial charge in [-0.3, -0.25) is 4.79 Å². The Hall–Kier alpha value is -1.94. The molecule has 1 heterocycles. The van der Waals surface area contributed by atoms with Gasteiger partial charge < -0.3 is 11.2 Å². The summed E-state index contributed by atoms with van der Waals surface area (Å²) in [5.74, 6) is 5.86. The lowest BCUT2D eigenvalue weighted by molar-refractivity contribution is -0.137. The van der Waals surface area contributed by atoms with Gasteiger partial charge in [0.15, 0.2) is 5.82 Å². The Kier molecular flexibility index (Phi) is 6.00. The Morgan fingerprint density at radius 1 is 1.30 bits per heavy atom. The zero-order chi connectivity index (χ0) is 20.6. The molecule has 2 rings (SSSR count). The summed E-state index contributed by atoms with van der Waals surface area (Å²) in [6.07, 6.45) is -4.65. The summed E-state index contributed by atoms with van der Waals surface area (Å²) < 4.78 is 40.7. The van der Waals surface area contributed by atoms with Crippen LogP contribution in [0.3, 0.4) is 0 Å². The molecular formula is C16H19ClF3N5OS. The van der Waals surface area contributed by atoms with Crippen molar-refractivity contribution in [3.8, 4) is 0 Å². The van der Waals surface area contributed by atoms with Gasteiger partial charge in [-0.1, -0.05) is 44.1 Å². The second-order valence-electron chi connectivity index (χ2n) is 6.86. The van der Waals surface area contributed by atoms with Gasteiger partial charge in [-0.15, -0.1) is 10.2 Å². The van der Waals surface area contributed by atoms with Gasteiger partial charge in [0.05, 0.1) is 16.5 Å². The van der Waals surface area contributed by atoms with Crippen molar-refractivity contribution in [2.75, 3.05) is 11.2 Å². The second kappa shape index (κ2) is 7.59. The molecule has 0 aliphatic carbocycles. The fourth-order valence-corrected chi connectivity index (χ4v) is 3.12. The molecule has 2 aromatic rings. The van der Waals surface area contributed by atoms with Crippen LogP contribution in [0.15, 0.2) is 23.4 Å². The first-order valence-electron chi connectivity index (χ1n) is 7.86. The summed E-state index contributed by atoms with van der Waals surface area (Å²) in [6.45, 7) is 7.26. The lowest BCUT2D eigenvalue weighted by Crippen LogP contribution is -2.26. The number of nitrogens with one attached hydrogen (secondary N) is 1. The molecule has 1 unspecified atom stereocenters. The number of nitrogens with two attached hydrogens (primary N) is 1. The predicted octanol–water partition coefficient (Wildman–Crippen LogP) is 4.08. The van der Waals surface area contributed by atoms with Crippen LogP contribution < -0.4 is 11.2 Å². The molecule has 6 nitrogen and oxygen atoms in total. The van der Waals surface area contributed by atoms with E-state index in [4.69, 9.17) is 17.4 Å². The maximum atomic E-state index is 13.1. The molecule has 1 amide bonds. The topological polar surface area (TPSA) is 85.8 Å². The number of thioether (sulfide) groups is 1. The maximum absolute atomic E-state index is 13.1. The molecule has 27 heavy (non-hydrogen) atoms. The number of rotatable bonds is 4. The number of anilines is 1. The lowest BCUT2D eigenvalue weighted by atomic mass is 9.96. The highest BCUT2D eigenvalue weighted by atomic mass is 35.5. The van der Waals surface area contributed by atoms with Gasteiger partial charge in [-0.25, -0.2) is 4.68 Å². The number of halogens is 4. The molecule has 11 heteroatoms. The Balaban J connectivity index is 2.17. The van der Waals surface area contributed by atoms with Crippen molar-refractivity contribution in [2.24, 2.45) is 0 Å². The van der Waals surface area contributed by atoms with Crippen molar-refractivity contribution >= 4 is 35.0 Å². The Bertz CT molecular complexity index is 848. The Morgan fingerprint density at radius 3 is 2.44 bits per heavy atom. The van der Waals surface area contributed by atoms with Crippen LogP contribution in [-0.2, 0) is 16.4 Å². The zero-order valence-corrected chi connectivity index (χ0v) is 16.6. The number of amides is 1. The predicted molar refractivity (Wildman–Crippen MR) is 99.3 cm³/mol. The van der Waals surface area contributed by atoms with Crippen LogP contribution in [0.25, 0.3) is 0 Å². The summed E-state index contributed by atoms with van der Waals surface area (Å²) in [5, 5.41) is 9.70. The van der Waals surface area contributed by atoms with Crippen LogP contribution >= 0.6 is 23.4 Å². The van der Waals surface area contributed by atoms with E-state index in [9.17, 15) is 18.0 Å². The van der Waals surface area contributed by atoms with Gasteiger partial charge in [-0.2, -0.15) is 13.2 Å². The van der Waals surface area contributed by atoms with Crippen LogP contribution in [0, 0.1) is 0 Å². The molecule has 148 valence electrons. The summed E-state index contributed by atoms with van der Waals surface area (Å²) in [4.78, 5) is 12.4. The zero-order valence-electron chi connectivity index (χ0n) is 15.1. The molecule has 0 aliphatic heterocycles. The summed E-state index contributed by atoms with van der Waals surface area (Å²) in [7, 11) is 0. The number of hydrogen-bond acceptors (Lipinski definition) is 5. The number of nitrogens with zero attached hydrogens (tertiary/aromatic N) is 3. The Labute approximate surface area is 163 Å². The SMILES string of the molecule is CC(Sc1nnc(C(C)(C)C)n1N)C(=O)Nc1ccc(Cl)cc1C(F)(F)F. The highest BCUT2D eigenvalue weighted by Gasteiger charge is 2.34. The van der Waals surface area contributed by atoms with Gasteiger partial charge in [0.1, 0.15) is 0 Å². The largest absolute Gasteiger partial charge is 0.418 e. The fraction of sp³-hybridized carbons (Fsp3) is 0.438. The molecule has 3 N–H and O–H groups in total. The van der Waals surface area contributed by atoms with Gasteiger partial charge in [-0.05, 0) is 25.1 Å². The average molecular weight is 422 g/mol. The first kappa shape index (κ1) is 21.4. The van der Waals surface area contributed by atoms with E-state index in [1.807, 2.05) is 20.8 Å². The van der Waals surface area contributed by atoms with E-state index in [2.05, 4.69) is 15.5 Å². The van der Waals surface area contributed by atoms with E-state index in [1.165, 1.54) is 17.7 Å². The molecule has 0 fully saturated rings. The van der Waals surface area contributed by atoms with Gasteiger partial charge in [0.2, 0.25) is 11.1 Å². The van der Waals surface area contributed by atoms with E-state index in [0.29, 0.717) is 5.82 Å². The van der Waals surface area contributed by atoms with E-state index in [0.717, 1.165) is 23.9 Å². The molecule has 0 aliphatic rings. The third-order valence-corrected chi connectivity index (χ3v) is 4.82.